The van der Waals surface area contributed by atoms with Crippen LogP contribution in [0.25, 0.3) is 11.3 Å². The largest absolute Gasteiger partial charge is 0.453 e. The van der Waals surface area contributed by atoms with Crippen LogP contribution in [0.2, 0.25) is 5.02 Å². The van der Waals surface area contributed by atoms with E-state index in [9.17, 15) is 27.6 Å². The van der Waals surface area contributed by atoms with E-state index in [0.717, 1.165) is 18.2 Å². The van der Waals surface area contributed by atoms with Gasteiger partial charge in [-0.05, 0) is 48.5 Å². The third-order valence-corrected chi connectivity index (χ3v) is 4.35. The molecule has 0 unspecified atom stereocenters. The van der Waals surface area contributed by atoms with Crippen molar-refractivity contribution < 1.29 is 36.7 Å². The molecule has 10 heteroatoms. The van der Waals surface area contributed by atoms with Gasteiger partial charge in [-0.1, -0.05) is 17.7 Å². The molecular weight excluding hydrogens is 439 g/mol. The highest BCUT2D eigenvalue weighted by Crippen LogP contribution is 2.31. The molecule has 0 saturated carbocycles. The smallest absolute Gasteiger partial charge is 0.416 e. The minimum absolute atomic E-state index is 0.0502. The molecule has 31 heavy (non-hydrogen) atoms. The number of hydrogen-bond acceptors (Lipinski definition) is 5. The maximum atomic E-state index is 12.7. The Morgan fingerprint density at radius 1 is 1.10 bits per heavy atom. The SMILES string of the molecule is O=Cc1ccc(-c2ccc(Cl)c(C(=O)OCC(=O)Nc3cccc(C(F)(F)F)c3)c2)o1. The monoisotopic (exact) mass is 451 g/mol. The number of halogens is 4. The molecule has 1 heterocycles. The number of alkyl halides is 3. The maximum Gasteiger partial charge on any atom is 0.416 e. The highest BCUT2D eigenvalue weighted by Gasteiger charge is 2.30. The van der Waals surface area contributed by atoms with Gasteiger partial charge < -0.3 is 14.5 Å². The first kappa shape index (κ1) is 22.1. The van der Waals surface area contributed by atoms with Crippen molar-refractivity contribution in [3.8, 4) is 11.3 Å². The molecule has 0 aliphatic rings. The molecule has 0 saturated heterocycles. The van der Waals surface area contributed by atoms with Crippen molar-refractivity contribution in [2.75, 3.05) is 11.9 Å². The van der Waals surface area contributed by atoms with E-state index in [1.165, 1.54) is 30.3 Å². The van der Waals surface area contributed by atoms with Crippen LogP contribution in [-0.2, 0) is 15.7 Å². The predicted molar refractivity (Wildman–Crippen MR) is 105 cm³/mol. The first-order valence-electron chi connectivity index (χ1n) is 8.66. The number of aldehydes is 1. The molecule has 6 nitrogen and oxygen atoms in total. The molecule has 0 aliphatic carbocycles. The Balaban J connectivity index is 1.66. The number of carbonyl (C=O) groups is 3. The van der Waals surface area contributed by atoms with Crippen molar-refractivity contribution in [1.29, 1.82) is 0 Å². The van der Waals surface area contributed by atoms with Crippen LogP contribution in [0.5, 0.6) is 0 Å². The highest BCUT2D eigenvalue weighted by atomic mass is 35.5. The van der Waals surface area contributed by atoms with E-state index in [-0.39, 0.29) is 22.0 Å². The number of benzene rings is 2. The van der Waals surface area contributed by atoms with E-state index in [4.69, 9.17) is 20.8 Å². The third-order valence-electron chi connectivity index (χ3n) is 4.02. The summed E-state index contributed by atoms with van der Waals surface area (Å²) in [6.45, 7) is -0.744. The molecule has 0 aliphatic heterocycles. The summed E-state index contributed by atoms with van der Waals surface area (Å²) in [7, 11) is 0. The number of esters is 1. The first-order valence-corrected chi connectivity index (χ1v) is 9.04. The zero-order valence-electron chi connectivity index (χ0n) is 15.5. The minimum Gasteiger partial charge on any atom is -0.453 e. The molecule has 3 rings (SSSR count). The van der Waals surface area contributed by atoms with E-state index in [1.54, 1.807) is 6.07 Å². The minimum atomic E-state index is -4.56. The van der Waals surface area contributed by atoms with Crippen molar-refractivity contribution in [1.82, 2.24) is 0 Å². The molecule has 0 fully saturated rings. The number of amides is 1. The number of hydrogen-bond donors (Lipinski definition) is 1. The average Bonchev–Trinajstić information content (AvgIpc) is 3.21. The Labute approximate surface area is 178 Å². The van der Waals surface area contributed by atoms with E-state index in [2.05, 4.69) is 5.32 Å². The van der Waals surface area contributed by atoms with Crippen LogP contribution in [0, 0.1) is 0 Å². The van der Waals surface area contributed by atoms with Gasteiger partial charge in [0.15, 0.2) is 18.7 Å². The summed E-state index contributed by atoms with van der Waals surface area (Å²) < 4.78 is 48.4. The molecule has 0 bridgehead atoms. The van der Waals surface area contributed by atoms with E-state index >= 15 is 0 Å². The van der Waals surface area contributed by atoms with E-state index in [0.29, 0.717) is 17.6 Å². The van der Waals surface area contributed by atoms with Gasteiger partial charge in [0.1, 0.15) is 5.76 Å². The van der Waals surface area contributed by atoms with Gasteiger partial charge in [0.05, 0.1) is 16.1 Å². The number of nitrogens with one attached hydrogen (secondary N) is 1. The molecule has 0 radical (unpaired) electrons. The quantitative estimate of drug-likeness (QED) is 0.410. The van der Waals surface area contributed by atoms with Crippen LogP contribution >= 0.6 is 11.6 Å². The lowest BCUT2D eigenvalue weighted by molar-refractivity contribution is -0.137. The molecule has 160 valence electrons. The third kappa shape index (κ3) is 5.52. The Morgan fingerprint density at radius 2 is 1.87 bits per heavy atom. The van der Waals surface area contributed by atoms with Crippen molar-refractivity contribution >= 4 is 35.5 Å². The number of furan rings is 1. The van der Waals surface area contributed by atoms with Gasteiger partial charge >= 0.3 is 12.1 Å². The van der Waals surface area contributed by atoms with Crippen LogP contribution in [-0.4, -0.2) is 24.8 Å². The maximum absolute atomic E-state index is 12.7. The molecule has 1 aromatic heterocycles. The molecule has 0 spiro atoms. The molecule has 1 amide bonds. The molecule has 3 aromatic rings. The van der Waals surface area contributed by atoms with E-state index < -0.39 is 30.2 Å². The summed E-state index contributed by atoms with van der Waals surface area (Å²) in [5.41, 5.74) is -0.644. The van der Waals surface area contributed by atoms with Gasteiger partial charge in [-0.3, -0.25) is 9.59 Å². The fourth-order valence-electron chi connectivity index (χ4n) is 2.59. The highest BCUT2D eigenvalue weighted by molar-refractivity contribution is 6.33. The standard InChI is InChI=1S/C21H13ClF3NO5/c22-17-6-4-12(18-7-5-15(10-27)31-18)8-16(17)20(29)30-11-19(28)26-14-3-1-2-13(9-14)21(23,24)25/h1-10H,11H2,(H,26,28). The van der Waals surface area contributed by atoms with E-state index in [1.807, 2.05) is 0 Å². The Bertz CT molecular complexity index is 1140. The zero-order valence-corrected chi connectivity index (χ0v) is 16.3. The van der Waals surface area contributed by atoms with Gasteiger partial charge in [0.25, 0.3) is 5.91 Å². The first-order chi connectivity index (χ1) is 14.7. The number of ether oxygens (including phenoxy) is 1. The average molecular weight is 452 g/mol. The van der Waals surface area contributed by atoms with Crippen LogP contribution in [0.15, 0.2) is 59.0 Å². The normalized spacial score (nSPS) is 11.1. The van der Waals surface area contributed by atoms with Crippen molar-refractivity contribution in [3.05, 3.63) is 76.5 Å². The van der Waals surface area contributed by atoms with Gasteiger partial charge in [0, 0.05) is 11.3 Å². The second kappa shape index (κ2) is 9.05. The Morgan fingerprint density at radius 3 is 2.55 bits per heavy atom. The fraction of sp³-hybridized carbons (Fsp3) is 0.0952. The Hall–Kier alpha value is -3.59. The topological polar surface area (TPSA) is 85.6 Å². The lowest BCUT2D eigenvalue weighted by atomic mass is 10.1. The lowest BCUT2D eigenvalue weighted by Crippen LogP contribution is -2.21. The van der Waals surface area contributed by atoms with Gasteiger partial charge in [-0.2, -0.15) is 13.2 Å². The summed E-state index contributed by atoms with van der Waals surface area (Å²) in [4.78, 5) is 35.0. The van der Waals surface area contributed by atoms with Crippen molar-refractivity contribution in [2.45, 2.75) is 6.18 Å². The second-order valence-electron chi connectivity index (χ2n) is 6.22. The van der Waals surface area contributed by atoms with Gasteiger partial charge in [-0.25, -0.2) is 4.79 Å². The summed E-state index contributed by atoms with van der Waals surface area (Å²) >= 11 is 6.02. The van der Waals surface area contributed by atoms with Gasteiger partial charge in [-0.15, -0.1) is 0 Å². The number of anilines is 1. The summed E-state index contributed by atoms with van der Waals surface area (Å²) in [6.07, 6.45) is -4.03. The van der Waals surface area contributed by atoms with Crippen LogP contribution in [0.1, 0.15) is 26.5 Å². The van der Waals surface area contributed by atoms with Crippen LogP contribution in [0.3, 0.4) is 0 Å². The second-order valence-corrected chi connectivity index (χ2v) is 6.62. The fourth-order valence-corrected chi connectivity index (χ4v) is 2.78. The molecule has 1 N–H and O–H groups in total. The molecular formula is C21H13ClF3NO5. The lowest BCUT2D eigenvalue weighted by Gasteiger charge is -2.10. The summed E-state index contributed by atoms with van der Waals surface area (Å²) in [5.74, 6) is -1.34. The van der Waals surface area contributed by atoms with Crippen LogP contribution < -0.4 is 5.32 Å². The number of carbonyl (C=O) groups excluding carboxylic acids is 3. The Kier molecular flexibility index (Phi) is 6.45. The predicted octanol–water partition coefficient (Wildman–Crippen LogP) is 5.23. The zero-order chi connectivity index (χ0) is 22.6. The van der Waals surface area contributed by atoms with Crippen molar-refractivity contribution in [3.63, 3.8) is 0 Å². The number of rotatable bonds is 6. The molecule has 2 aromatic carbocycles. The summed E-state index contributed by atoms with van der Waals surface area (Å²) in [6, 6.07) is 11.4. The summed E-state index contributed by atoms with van der Waals surface area (Å²) in [5, 5.41) is 2.28. The molecule has 0 atom stereocenters. The van der Waals surface area contributed by atoms with Crippen molar-refractivity contribution in [2.24, 2.45) is 0 Å². The van der Waals surface area contributed by atoms with Gasteiger partial charge in [0.2, 0.25) is 0 Å². The van der Waals surface area contributed by atoms with Crippen LogP contribution in [0.4, 0.5) is 18.9 Å².